The van der Waals surface area contributed by atoms with Gasteiger partial charge < -0.3 is 10.1 Å². The molecule has 2 N–H and O–H groups in total. The van der Waals surface area contributed by atoms with Crippen molar-refractivity contribution in [1.82, 2.24) is 4.98 Å². The van der Waals surface area contributed by atoms with Crippen LogP contribution in [0.2, 0.25) is 0 Å². The fourth-order valence-corrected chi connectivity index (χ4v) is 2.00. The average molecular weight is 258 g/mol. The van der Waals surface area contributed by atoms with Crippen LogP contribution in [0.5, 0.6) is 0 Å². The van der Waals surface area contributed by atoms with Crippen molar-refractivity contribution in [2.75, 3.05) is 6.61 Å². The Morgan fingerprint density at radius 3 is 2.93 bits per heavy atom. The Balaban J connectivity index is 2.70. The number of rotatable bonds is 2. The van der Waals surface area contributed by atoms with Crippen LogP contribution in [0, 0.1) is 5.82 Å². The molecule has 2 aromatic rings. The van der Waals surface area contributed by atoms with E-state index >= 15 is 0 Å². The maximum atomic E-state index is 13.5. The number of aromatic amines is 1. The Kier molecular flexibility index (Phi) is 2.56. The molecule has 0 aliphatic rings. The molecule has 1 aromatic carbocycles. The zero-order valence-corrected chi connectivity index (χ0v) is 8.94. The summed E-state index contributed by atoms with van der Waals surface area (Å²) in [5.74, 6) is -0.257. The lowest BCUT2D eigenvalue weighted by atomic mass is 10.1. The molecular weight excluding hydrogens is 249 g/mol. The van der Waals surface area contributed by atoms with Gasteiger partial charge in [-0.1, -0.05) is 0 Å². The van der Waals surface area contributed by atoms with Crippen molar-refractivity contribution in [3.63, 3.8) is 0 Å². The van der Waals surface area contributed by atoms with E-state index in [1.165, 1.54) is 6.07 Å². The van der Waals surface area contributed by atoms with Gasteiger partial charge in [0.1, 0.15) is 5.82 Å². The summed E-state index contributed by atoms with van der Waals surface area (Å²) < 4.78 is 14.3. The lowest BCUT2D eigenvalue weighted by Gasteiger charge is -1.98. The van der Waals surface area contributed by atoms with Crippen LogP contribution in [-0.2, 0) is 6.42 Å². The minimum atomic E-state index is -0.257. The second-order valence-corrected chi connectivity index (χ2v) is 3.92. The van der Waals surface area contributed by atoms with E-state index in [1.54, 1.807) is 12.3 Å². The fraction of sp³-hybridized carbons (Fsp3) is 0.200. The van der Waals surface area contributed by atoms with Crippen LogP contribution in [-0.4, -0.2) is 16.7 Å². The first-order valence-corrected chi connectivity index (χ1v) is 5.08. The number of aliphatic hydroxyl groups is 1. The van der Waals surface area contributed by atoms with Crippen LogP contribution in [0.3, 0.4) is 0 Å². The van der Waals surface area contributed by atoms with E-state index in [9.17, 15) is 4.39 Å². The maximum Gasteiger partial charge on any atom is 0.132 e. The summed E-state index contributed by atoms with van der Waals surface area (Å²) in [6, 6.07) is 3.08. The Morgan fingerprint density at radius 2 is 2.21 bits per heavy atom. The molecule has 2 rings (SSSR count). The molecule has 0 amide bonds. The van der Waals surface area contributed by atoms with Gasteiger partial charge in [-0.3, -0.25) is 0 Å². The first-order chi connectivity index (χ1) is 6.74. The zero-order valence-electron chi connectivity index (χ0n) is 7.35. The van der Waals surface area contributed by atoms with Gasteiger partial charge in [-0.15, -0.1) is 0 Å². The molecule has 2 nitrogen and oxygen atoms in total. The molecule has 0 radical (unpaired) electrons. The molecule has 1 heterocycles. The van der Waals surface area contributed by atoms with Gasteiger partial charge in [-0.2, -0.15) is 0 Å². The second-order valence-electron chi connectivity index (χ2n) is 3.07. The topological polar surface area (TPSA) is 36.0 Å². The SMILES string of the molecule is OCCc1c[nH]c2c(Br)ccc(F)c12. The second kappa shape index (κ2) is 3.71. The van der Waals surface area contributed by atoms with E-state index in [-0.39, 0.29) is 12.4 Å². The Morgan fingerprint density at radius 1 is 1.43 bits per heavy atom. The van der Waals surface area contributed by atoms with E-state index in [0.29, 0.717) is 11.8 Å². The predicted octanol–water partition coefficient (Wildman–Crippen LogP) is 2.60. The molecule has 0 aliphatic carbocycles. The number of halogens is 2. The van der Waals surface area contributed by atoms with E-state index in [2.05, 4.69) is 20.9 Å². The number of fused-ring (bicyclic) bond motifs is 1. The Labute approximate surface area is 88.9 Å². The first-order valence-electron chi connectivity index (χ1n) is 4.29. The lowest BCUT2D eigenvalue weighted by Crippen LogP contribution is -1.89. The van der Waals surface area contributed by atoms with Crippen molar-refractivity contribution in [1.29, 1.82) is 0 Å². The summed E-state index contributed by atoms with van der Waals surface area (Å²) in [5.41, 5.74) is 1.55. The Bertz CT molecular complexity index is 466. The molecule has 0 bridgehead atoms. The quantitative estimate of drug-likeness (QED) is 0.853. The van der Waals surface area contributed by atoms with Gasteiger partial charge in [0, 0.05) is 22.7 Å². The van der Waals surface area contributed by atoms with Crippen LogP contribution in [0.4, 0.5) is 4.39 Å². The van der Waals surface area contributed by atoms with Gasteiger partial charge >= 0.3 is 0 Å². The molecule has 14 heavy (non-hydrogen) atoms. The molecule has 0 fully saturated rings. The summed E-state index contributed by atoms with van der Waals surface area (Å²) in [6.45, 7) is 0.0267. The smallest absolute Gasteiger partial charge is 0.132 e. The van der Waals surface area contributed by atoms with Crippen molar-refractivity contribution >= 4 is 26.8 Å². The van der Waals surface area contributed by atoms with Crippen LogP contribution in [0.1, 0.15) is 5.56 Å². The van der Waals surface area contributed by atoms with Crippen molar-refractivity contribution in [3.8, 4) is 0 Å². The molecule has 0 saturated carbocycles. The van der Waals surface area contributed by atoms with Crippen molar-refractivity contribution in [3.05, 3.63) is 34.2 Å². The van der Waals surface area contributed by atoms with Gasteiger partial charge in [0.15, 0.2) is 0 Å². The fourth-order valence-electron chi connectivity index (χ4n) is 1.56. The molecule has 0 aliphatic heterocycles. The zero-order chi connectivity index (χ0) is 10.1. The molecule has 0 unspecified atom stereocenters. The molecular formula is C10H9BrFNO. The monoisotopic (exact) mass is 257 g/mol. The summed E-state index contributed by atoms with van der Waals surface area (Å²) in [6.07, 6.45) is 2.20. The van der Waals surface area contributed by atoms with Gasteiger partial charge in [0.2, 0.25) is 0 Å². The molecule has 0 atom stereocenters. The minimum Gasteiger partial charge on any atom is -0.396 e. The minimum absolute atomic E-state index is 0.0267. The number of aliphatic hydroxyl groups excluding tert-OH is 1. The maximum absolute atomic E-state index is 13.5. The first kappa shape index (κ1) is 9.68. The van der Waals surface area contributed by atoms with Crippen LogP contribution >= 0.6 is 15.9 Å². The number of hydrogen-bond acceptors (Lipinski definition) is 1. The number of aromatic nitrogens is 1. The highest BCUT2D eigenvalue weighted by Gasteiger charge is 2.10. The highest BCUT2D eigenvalue weighted by Crippen LogP contribution is 2.28. The summed E-state index contributed by atoms with van der Waals surface area (Å²) in [7, 11) is 0. The number of hydrogen-bond donors (Lipinski definition) is 2. The van der Waals surface area contributed by atoms with Crippen molar-refractivity contribution in [2.24, 2.45) is 0 Å². The third-order valence-corrected chi connectivity index (χ3v) is 2.86. The molecule has 4 heteroatoms. The van der Waals surface area contributed by atoms with Gasteiger partial charge in [0.05, 0.1) is 5.52 Å². The van der Waals surface area contributed by atoms with Gasteiger partial charge in [-0.05, 0) is 40.0 Å². The van der Waals surface area contributed by atoms with Crippen LogP contribution in [0.25, 0.3) is 10.9 Å². The van der Waals surface area contributed by atoms with Crippen molar-refractivity contribution in [2.45, 2.75) is 6.42 Å². The number of benzene rings is 1. The molecule has 0 spiro atoms. The average Bonchev–Trinajstić information content (AvgIpc) is 2.58. The predicted molar refractivity (Wildman–Crippen MR) is 56.7 cm³/mol. The number of H-pyrrole nitrogens is 1. The van der Waals surface area contributed by atoms with E-state index in [0.717, 1.165) is 15.6 Å². The van der Waals surface area contributed by atoms with E-state index in [1.807, 2.05) is 0 Å². The van der Waals surface area contributed by atoms with Crippen molar-refractivity contribution < 1.29 is 9.50 Å². The van der Waals surface area contributed by atoms with Gasteiger partial charge in [0.25, 0.3) is 0 Å². The molecule has 1 aromatic heterocycles. The lowest BCUT2D eigenvalue weighted by molar-refractivity contribution is 0.300. The van der Waals surface area contributed by atoms with Gasteiger partial charge in [-0.25, -0.2) is 4.39 Å². The standard InChI is InChI=1S/C10H9BrFNO/c11-7-1-2-8(12)9-6(3-4-14)5-13-10(7)9/h1-2,5,13-14H,3-4H2. The summed E-state index contributed by atoms with van der Waals surface area (Å²) in [5, 5.41) is 9.37. The van der Waals surface area contributed by atoms with E-state index < -0.39 is 0 Å². The van der Waals surface area contributed by atoms with Crippen LogP contribution in [0.15, 0.2) is 22.8 Å². The molecule has 74 valence electrons. The largest absolute Gasteiger partial charge is 0.396 e. The third kappa shape index (κ3) is 1.44. The summed E-state index contributed by atoms with van der Waals surface area (Å²) in [4.78, 5) is 2.98. The number of nitrogens with one attached hydrogen (secondary N) is 1. The molecule has 0 saturated heterocycles. The van der Waals surface area contributed by atoms with E-state index in [4.69, 9.17) is 5.11 Å². The highest BCUT2D eigenvalue weighted by molar-refractivity contribution is 9.10. The third-order valence-electron chi connectivity index (χ3n) is 2.20. The normalized spacial score (nSPS) is 11.1. The summed E-state index contributed by atoms with van der Waals surface area (Å²) >= 11 is 3.34. The Hall–Kier alpha value is -0.870. The van der Waals surface area contributed by atoms with Crippen LogP contribution < -0.4 is 0 Å². The highest BCUT2D eigenvalue weighted by atomic mass is 79.9.